The number of carbonyl (C=O) groups is 2. The first-order valence-electron chi connectivity index (χ1n) is 9.79. The molecule has 31 heavy (non-hydrogen) atoms. The van der Waals surface area contributed by atoms with Crippen molar-refractivity contribution in [2.24, 2.45) is 0 Å². The summed E-state index contributed by atoms with van der Waals surface area (Å²) in [5.41, 5.74) is 1.92. The van der Waals surface area contributed by atoms with Gasteiger partial charge in [-0.25, -0.2) is 0 Å². The van der Waals surface area contributed by atoms with Crippen molar-refractivity contribution in [1.82, 2.24) is 9.88 Å². The number of hydrogen-bond acceptors (Lipinski definition) is 5. The second-order valence-corrected chi connectivity index (χ2v) is 7.61. The Balaban J connectivity index is 1.79. The number of carboxylic acids is 1. The molecule has 1 heterocycles. The van der Waals surface area contributed by atoms with Crippen LogP contribution in [0.25, 0.3) is 0 Å². The molecule has 0 aliphatic rings. The van der Waals surface area contributed by atoms with Crippen LogP contribution in [0, 0.1) is 0 Å². The van der Waals surface area contributed by atoms with Crippen molar-refractivity contribution in [2.75, 3.05) is 20.1 Å². The smallest absolute Gasteiger partial charge is 0.317 e. The highest BCUT2D eigenvalue weighted by atomic mass is 35.5. The molecule has 1 aromatic heterocycles. The van der Waals surface area contributed by atoms with Gasteiger partial charge in [0.2, 0.25) is 0 Å². The molecule has 0 amide bonds. The average molecular weight is 439 g/mol. The third kappa shape index (κ3) is 6.64. The number of likely N-dealkylation sites (N-methyl/N-ethyl adjacent to an activating group) is 1. The van der Waals surface area contributed by atoms with Gasteiger partial charge in [-0.05, 0) is 49.0 Å². The van der Waals surface area contributed by atoms with Gasteiger partial charge in [0.25, 0.3) is 0 Å². The maximum atomic E-state index is 12.7. The van der Waals surface area contributed by atoms with E-state index in [4.69, 9.17) is 21.4 Å². The SMILES string of the molecule is CN(CCC(Oc1cccc(C(=O)c2cccnc2)c1)c1ccc(Cl)cc1)CC(=O)O. The Hall–Kier alpha value is -3.22. The fourth-order valence-electron chi connectivity index (χ4n) is 3.16. The quantitative estimate of drug-likeness (QED) is 0.470. The highest BCUT2D eigenvalue weighted by molar-refractivity contribution is 6.30. The minimum Gasteiger partial charge on any atom is -0.486 e. The maximum absolute atomic E-state index is 12.7. The minimum atomic E-state index is -0.881. The summed E-state index contributed by atoms with van der Waals surface area (Å²) in [6.45, 7) is 0.469. The van der Waals surface area contributed by atoms with E-state index in [-0.39, 0.29) is 18.4 Å². The van der Waals surface area contributed by atoms with Crippen molar-refractivity contribution in [3.05, 3.63) is 94.8 Å². The molecule has 0 fully saturated rings. The van der Waals surface area contributed by atoms with Gasteiger partial charge in [0.15, 0.2) is 5.78 Å². The standard InChI is InChI=1S/C24H23ClN2O4/c1-27(16-23(28)29)13-11-22(17-7-9-20(25)10-8-17)31-21-6-2-4-18(14-21)24(30)19-5-3-12-26-15-19/h2-10,12,14-15,22H,11,13,16H2,1H3,(H,28,29). The summed E-state index contributed by atoms with van der Waals surface area (Å²) in [5, 5.41) is 9.60. The normalized spacial score (nSPS) is 11.8. The van der Waals surface area contributed by atoms with Crippen LogP contribution in [0.2, 0.25) is 5.02 Å². The number of carbonyl (C=O) groups excluding carboxylic acids is 1. The van der Waals surface area contributed by atoms with Gasteiger partial charge in [0.05, 0.1) is 6.54 Å². The number of ether oxygens (including phenoxy) is 1. The number of halogens is 1. The van der Waals surface area contributed by atoms with Crippen molar-refractivity contribution in [2.45, 2.75) is 12.5 Å². The monoisotopic (exact) mass is 438 g/mol. The fraction of sp³-hybridized carbons (Fsp3) is 0.208. The third-order valence-electron chi connectivity index (χ3n) is 4.72. The lowest BCUT2D eigenvalue weighted by Gasteiger charge is -2.23. The predicted octanol–water partition coefficient (Wildman–Crippen LogP) is 4.49. The molecule has 0 bridgehead atoms. The molecule has 7 heteroatoms. The van der Waals surface area contributed by atoms with E-state index in [0.717, 1.165) is 5.56 Å². The molecule has 6 nitrogen and oxygen atoms in total. The lowest BCUT2D eigenvalue weighted by Crippen LogP contribution is -2.28. The van der Waals surface area contributed by atoms with Gasteiger partial charge in [0, 0.05) is 41.5 Å². The van der Waals surface area contributed by atoms with Crippen molar-refractivity contribution in [1.29, 1.82) is 0 Å². The van der Waals surface area contributed by atoms with E-state index in [1.54, 1.807) is 66.7 Å². The van der Waals surface area contributed by atoms with Crippen molar-refractivity contribution < 1.29 is 19.4 Å². The summed E-state index contributed by atoms with van der Waals surface area (Å²) >= 11 is 6.02. The summed E-state index contributed by atoms with van der Waals surface area (Å²) in [4.78, 5) is 29.4. The molecule has 3 rings (SSSR count). The summed E-state index contributed by atoms with van der Waals surface area (Å²) < 4.78 is 6.24. The van der Waals surface area contributed by atoms with E-state index in [1.165, 1.54) is 6.20 Å². The van der Waals surface area contributed by atoms with Crippen molar-refractivity contribution in [3.63, 3.8) is 0 Å². The summed E-state index contributed by atoms with van der Waals surface area (Å²) in [5.74, 6) is -0.466. The molecule has 2 aromatic carbocycles. The van der Waals surface area contributed by atoms with Crippen molar-refractivity contribution in [3.8, 4) is 5.75 Å². The zero-order chi connectivity index (χ0) is 22.2. The van der Waals surface area contributed by atoms with Crippen LogP contribution in [0.4, 0.5) is 0 Å². The number of rotatable bonds is 10. The largest absolute Gasteiger partial charge is 0.486 e. The molecule has 1 unspecified atom stereocenters. The van der Waals surface area contributed by atoms with E-state index < -0.39 is 5.97 Å². The first-order chi connectivity index (χ1) is 14.9. The average Bonchev–Trinajstić information content (AvgIpc) is 2.77. The Morgan fingerprint density at radius 3 is 2.52 bits per heavy atom. The van der Waals surface area contributed by atoms with Gasteiger partial charge in [0.1, 0.15) is 11.9 Å². The minimum absolute atomic E-state index is 0.0531. The van der Waals surface area contributed by atoms with Crippen molar-refractivity contribution >= 4 is 23.4 Å². The molecule has 3 aromatic rings. The van der Waals surface area contributed by atoms with Crippen LogP contribution >= 0.6 is 11.6 Å². The molecule has 0 saturated heterocycles. The Bertz CT molecular complexity index is 1030. The zero-order valence-corrected chi connectivity index (χ0v) is 17.8. The summed E-state index contributed by atoms with van der Waals surface area (Å²) in [7, 11) is 1.75. The number of aromatic nitrogens is 1. The van der Waals surface area contributed by atoms with Crippen LogP contribution < -0.4 is 4.74 Å². The Morgan fingerprint density at radius 1 is 1.10 bits per heavy atom. The van der Waals surface area contributed by atoms with Gasteiger partial charge in [-0.2, -0.15) is 0 Å². The van der Waals surface area contributed by atoms with Gasteiger partial charge < -0.3 is 9.84 Å². The summed E-state index contributed by atoms with van der Waals surface area (Å²) in [6.07, 6.45) is 3.38. The van der Waals surface area contributed by atoms with Gasteiger partial charge in [-0.1, -0.05) is 35.9 Å². The highest BCUT2D eigenvalue weighted by Gasteiger charge is 2.17. The number of pyridine rings is 1. The lowest BCUT2D eigenvalue weighted by atomic mass is 10.0. The number of hydrogen-bond donors (Lipinski definition) is 1. The second-order valence-electron chi connectivity index (χ2n) is 7.18. The number of nitrogens with zero attached hydrogens (tertiary/aromatic N) is 2. The van der Waals surface area contributed by atoms with E-state index in [0.29, 0.717) is 34.9 Å². The number of ketones is 1. The molecular formula is C24H23ClN2O4. The number of carboxylic acid groups (broad SMARTS) is 1. The van der Waals surface area contributed by atoms with E-state index in [9.17, 15) is 9.59 Å². The topological polar surface area (TPSA) is 79.7 Å². The van der Waals surface area contributed by atoms with Crippen LogP contribution in [-0.4, -0.2) is 46.9 Å². The van der Waals surface area contributed by atoms with E-state index in [1.807, 2.05) is 12.1 Å². The lowest BCUT2D eigenvalue weighted by molar-refractivity contribution is -0.138. The van der Waals surface area contributed by atoms with Crippen LogP contribution in [-0.2, 0) is 4.79 Å². The Labute approximate surface area is 186 Å². The van der Waals surface area contributed by atoms with Gasteiger partial charge in [-0.3, -0.25) is 19.5 Å². The summed E-state index contributed by atoms with van der Waals surface area (Å²) in [6, 6.07) is 17.8. The first kappa shape index (κ1) is 22.5. The van der Waals surface area contributed by atoms with E-state index in [2.05, 4.69) is 4.98 Å². The molecule has 1 N–H and O–H groups in total. The molecule has 0 aliphatic heterocycles. The Kier molecular flexibility index (Phi) is 7.76. The van der Waals surface area contributed by atoms with Crippen LogP contribution in [0.15, 0.2) is 73.1 Å². The van der Waals surface area contributed by atoms with E-state index >= 15 is 0 Å². The molecule has 0 saturated carbocycles. The second kappa shape index (κ2) is 10.7. The van der Waals surface area contributed by atoms with Gasteiger partial charge in [-0.15, -0.1) is 0 Å². The zero-order valence-electron chi connectivity index (χ0n) is 17.1. The molecule has 160 valence electrons. The van der Waals surface area contributed by atoms with Crippen LogP contribution in [0.3, 0.4) is 0 Å². The molecule has 1 atom stereocenters. The molecule has 0 spiro atoms. The first-order valence-corrected chi connectivity index (χ1v) is 10.2. The number of benzene rings is 2. The molecular weight excluding hydrogens is 416 g/mol. The number of aliphatic carboxylic acids is 1. The maximum Gasteiger partial charge on any atom is 0.317 e. The van der Waals surface area contributed by atoms with Crippen LogP contribution in [0.5, 0.6) is 5.75 Å². The highest BCUT2D eigenvalue weighted by Crippen LogP contribution is 2.27. The molecule has 0 aliphatic carbocycles. The van der Waals surface area contributed by atoms with Gasteiger partial charge >= 0.3 is 5.97 Å². The predicted molar refractivity (Wildman–Crippen MR) is 119 cm³/mol. The third-order valence-corrected chi connectivity index (χ3v) is 4.97. The Morgan fingerprint density at radius 2 is 1.84 bits per heavy atom. The fourth-order valence-corrected chi connectivity index (χ4v) is 3.28. The molecule has 0 radical (unpaired) electrons. The van der Waals surface area contributed by atoms with Crippen LogP contribution in [0.1, 0.15) is 34.0 Å².